The summed E-state index contributed by atoms with van der Waals surface area (Å²) in [6.45, 7) is 11.1. The van der Waals surface area contributed by atoms with Crippen molar-refractivity contribution in [3.63, 3.8) is 0 Å². The smallest absolute Gasteiger partial charge is 0.223 e. The van der Waals surface area contributed by atoms with Crippen LogP contribution in [0, 0.1) is 17.2 Å². The Hall–Kier alpha value is -1.92. The molecule has 0 saturated heterocycles. The molecule has 5 nitrogen and oxygen atoms in total. The minimum absolute atomic E-state index is 0.00785. The van der Waals surface area contributed by atoms with Gasteiger partial charge in [-0.05, 0) is 51.2 Å². The highest BCUT2D eigenvalue weighted by molar-refractivity contribution is 6.60. The van der Waals surface area contributed by atoms with E-state index in [1.54, 1.807) is 6.07 Å². The Morgan fingerprint density at radius 3 is 2.86 bits per heavy atom. The number of nitriles is 1. The molecule has 0 aliphatic heterocycles. The molecule has 2 atom stereocenters. The number of ether oxygens (including phenoxy) is 1. The van der Waals surface area contributed by atoms with Crippen molar-refractivity contribution in [2.45, 2.75) is 76.5 Å². The van der Waals surface area contributed by atoms with Crippen molar-refractivity contribution in [3.05, 3.63) is 24.0 Å². The highest BCUT2D eigenvalue weighted by Gasteiger charge is 2.42. The van der Waals surface area contributed by atoms with E-state index in [1.165, 1.54) is 31.7 Å². The predicted octanol–water partition coefficient (Wildman–Crippen LogP) is 5.09. The Morgan fingerprint density at radius 2 is 2.21 bits per heavy atom. The molecule has 2 aromatic heterocycles. The van der Waals surface area contributed by atoms with Crippen LogP contribution in [0.25, 0.3) is 10.8 Å². The van der Waals surface area contributed by atoms with Crippen molar-refractivity contribution < 1.29 is 4.74 Å². The average molecular weight is 424 g/mol. The van der Waals surface area contributed by atoms with E-state index in [0.29, 0.717) is 11.6 Å². The molecule has 1 unspecified atom stereocenters. The maximum absolute atomic E-state index is 9.28. The van der Waals surface area contributed by atoms with Gasteiger partial charge in [0.1, 0.15) is 17.6 Å². The summed E-state index contributed by atoms with van der Waals surface area (Å²) in [6.07, 6.45) is 6.98. The number of anilines is 1. The van der Waals surface area contributed by atoms with Crippen LogP contribution in [0.15, 0.2) is 18.3 Å². The quantitative estimate of drug-likeness (QED) is 0.599. The molecule has 0 spiro atoms. The zero-order chi connectivity index (χ0) is 21.0. The minimum Gasteiger partial charge on any atom is -0.474 e. The maximum Gasteiger partial charge on any atom is 0.223 e. The summed E-state index contributed by atoms with van der Waals surface area (Å²) in [5, 5.41) is 15.1. The summed E-state index contributed by atoms with van der Waals surface area (Å²) in [5.74, 6) is 2.23. The Morgan fingerprint density at radius 1 is 1.41 bits per heavy atom. The third-order valence-electron chi connectivity index (χ3n) is 5.88. The van der Waals surface area contributed by atoms with Crippen molar-refractivity contribution in [2.75, 3.05) is 5.32 Å². The molecule has 0 bridgehead atoms. The summed E-state index contributed by atoms with van der Waals surface area (Å²) < 4.78 is 5.92. The second-order valence-corrected chi connectivity index (χ2v) is 12.8. The molecule has 7 heteroatoms. The lowest BCUT2D eigenvalue weighted by atomic mass is 10.1. The van der Waals surface area contributed by atoms with Crippen LogP contribution in [0.4, 0.5) is 5.82 Å². The van der Waals surface area contributed by atoms with Crippen LogP contribution in [0.3, 0.4) is 0 Å². The molecule has 2 heterocycles. The highest BCUT2D eigenvalue weighted by Crippen LogP contribution is 2.41. The van der Waals surface area contributed by atoms with Crippen LogP contribution < -0.4 is 10.1 Å². The minimum atomic E-state index is -0.557. The molecule has 153 valence electrons. The van der Waals surface area contributed by atoms with Crippen LogP contribution >= 0.6 is 0 Å². The Bertz CT molecular complexity index is 896. The van der Waals surface area contributed by atoms with E-state index < -0.39 is 8.80 Å². The average Bonchev–Trinajstić information content (AvgIpc) is 3.10. The number of rotatable bonds is 8. The van der Waals surface area contributed by atoms with E-state index in [9.17, 15) is 5.26 Å². The third kappa shape index (κ3) is 4.99. The van der Waals surface area contributed by atoms with Crippen LogP contribution in [-0.4, -0.2) is 39.6 Å². The van der Waals surface area contributed by atoms with Crippen molar-refractivity contribution in [1.29, 1.82) is 5.26 Å². The summed E-state index contributed by atoms with van der Waals surface area (Å²) >= 11 is 0. The lowest BCUT2D eigenvalue weighted by molar-refractivity contribution is 0.236. The molecule has 1 aliphatic rings. The second kappa shape index (κ2) is 9.27. The van der Waals surface area contributed by atoms with Crippen LogP contribution in [0.2, 0.25) is 25.7 Å². The monoisotopic (exact) mass is 423 g/mol. The predicted molar refractivity (Wildman–Crippen MR) is 122 cm³/mol. The molecule has 1 saturated carbocycles. The van der Waals surface area contributed by atoms with Crippen molar-refractivity contribution in [1.82, 2.24) is 9.97 Å². The molecular weight excluding hydrogens is 392 g/mol. The van der Waals surface area contributed by atoms with Gasteiger partial charge in [0.05, 0.1) is 14.9 Å². The van der Waals surface area contributed by atoms with Crippen LogP contribution in [-0.2, 0) is 0 Å². The first-order valence-corrected chi connectivity index (χ1v) is 14.7. The Kier molecular flexibility index (Phi) is 6.96. The molecule has 3 rings (SSSR count). The Balaban J connectivity index is 1.92. The van der Waals surface area contributed by atoms with Gasteiger partial charge in [-0.25, -0.2) is 9.97 Å². The summed E-state index contributed by atoms with van der Waals surface area (Å²) in [5.41, 5.74) is 0.356. The fraction of sp³-hybridized carbons (Fsp3) is 0.591. The van der Waals surface area contributed by atoms with Gasteiger partial charge in [0.2, 0.25) is 5.88 Å². The SMILES string of the molecule is C[Si]CC[C@H]1CCC(Nc2cc3c(OC(C)C)nc(C#N)cc3cn2)([Si](C)C)C1. The van der Waals surface area contributed by atoms with E-state index >= 15 is 0 Å². The fourth-order valence-corrected chi connectivity index (χ4v) is 6.65. The molecular formula is C22H31N4OSi2. The largest absolute Gasteiger partial charge is 0.474 e. The number of nitrogens with zero attached hydrogens (tertiary/aromatic N) is 3. The van der Waals surface area contributed by atoms with E-state index in [2.05, 4.69) is 42.1 Å². The molecule has 1 fully saturated rings. The van der Waals surface area contributed by atoms with Crippen molar-refractivity contribution in [2.24, 2.45) is 5.92 Å². The van der Waals surface area contributed by atoms with E-state index in [4.69, 9.17) is 9.72 Å². The van der Waals surface area contributed by atoms with Gasteiger partial charge in [0, 0.05) is 31.7 Å². The van der Waals surface area contributed by atoms with Gasteiger partial charge in [-0.1, -0.05) is 32.1 Å². The van der Waals surface area contributed by atoms with Gasteiger partial charge in [0.15, 0.2) is 0 Å². The van der Waals surface area contributed by atoms with Crippen molar-refractivity contribution >= 4 is 34.9 Å². The van der Waals surface area contributed by atoms with E-state index in [1.807, 2.05) is 20.0 Å². The Labute approximate surface area is 178 Å². The first-order chi connectivity index (χ1) is 13.9. The topological polar surface area (TPSA) is 70.8 Å². The second-order valence-electron chi connectivity index (χ2n) is 8.59. The zero-order valence-electron chi connectivity index (χ0n) is 18.2. The molecule has 1 N–H and O–H groups in total. The molecule has 29 heavy (non-hydrogen) atoms. The third-order valence-corrected chi connectivity index (χ3v) is 9.17. The van der Waals surface area contributed by atoms with Crippen molar-refractivity contribution in [3.8, 4) is 11.9 Å². The summed E-state index contributed by atoms with van der Waals surface area (Å²) in [4.78, 5) is 9.09. The van der Waals surface area contributed by atoms with Crippen LogP contribution in [0.1, 0.15) is 45.2 Å². The summed E-state index contributed by atoms with van der Waals surface area (Å²) in [7, 11) is 0.493. The number of aromatic nitrogens is 2. The van der Waals surface area contributed by atoms with Crippen LogP contribution in [0.5, 0.6) is 5.88 Å². The highest BCUT2D eigenvalue weighted by atomic mass is 28.3. The van der Waals surface area contributed by atoms with E-state index in [-0.39, 0.29) is 11.3 Å². The van der Waals surface area contributed by atoms with Gasteiger partial charge in [-0.3, -0.25) is 0 Å². The lowest BCUT2D eigenvalue weighted by Gasteiger charge is -2.35. The molecule has 2 aromatic rings. The first-order valence-electron chi connectivity index (χ1n) is 10.5. The molecule has 1 aliphatic carbocycles. The number of hydrogen-bond donors (Lipinski definition) is 1. The number of fused-ring (bicyclic) bond motifs is 1. The molecule has 3 radical (unpaired) electrons. The van der Waals surface area contributed by atoms with Gasteiger partial charge >= 0.3 is 0 Å². The number of nitrogens with one attached hydrogen (secondary N) is 1. The number of hydrogen-bond acceptors (Lipinski definition) is 5. The van der Waals surface area contributed by atoms with Gasteiger partial charge in [-0.2, -0.15) is 5.26 Å². The fourth-order valence-electron chi connectivity index (χ4n) is 4.23. The normalized spacial score (nSPS) is 21.7. The maximum atomic E-state index is 9.28. The standard InChI is InChI=1S/C22H31N4OSi2/c1-15(2)27-21-19-11-20(24-14-17(19)10-18(13-23)25-21)26-22(29(4)5)8-6-16(12-22)7-9-28-3/h10-11,14-16H,6-9,12H2,1-5H3,(H,24,26)/t16-,22?/m1/s1. The van der Waals surface area contributed by atoms with Gasteiger partial charge in [0.25, 0.3) is 0 Å². The molecule has 0 amide bonds. The van der Waals surface area contributed by atoms with Gasteiger partial charge < -0.3 is 10.1 Å². The number of pyridine rings is 2. The zero-order valence-corrected chi connectivity index (χ0v) is 20.2. The lowest BCUT2D eigenvalue weighted by Crippen LogP contribution is -2.47. The molecule has 0 aromatic carbocycles. The van der Waals surface area contributed by atoms with Gasteiger partial charge in [-0.15, -0.1) is 0 Å². The first kappa shape index (κ1) is 21.8. The summed E-state index contributed by atoms with van der Waals surface area (Å²) in [6, 6.07) is 7.30. The van der Waals surface area contributed by atoms with E-state index in [0.717, 1.165) is 32.0 Å².